The van der Waals surface area contributed by atoms with E-state index in [2.05, 4.69) is 4.89 Å². The molecule has 2 aromatic carbocycles. The Bertz CT molecular complexity index is 439. The predicted octanol–water partition coefficient (Wildman–Crippen LogP) is 3.89. The highest BCUT2D eigenvalue weighted by atomic mass is 17.1. The second-order valence-electron chi connectivity index (χ2n) is 4.13. The highest BCUT2D eigenvalue weighted by Gasteiger charge is 2.22. The van der Waals surface area contributed by atoms with E-state index < -0.39 is 6.10 Å². The highest BCUT2D eigenvalue weighted by molar-refractivity contribution is 5.26. The number of rotatable bonds is 4. The number of hydrogen-bond donors (Lipinski definition) is 0. The molecule has 1 radical (unpaired) electrons. The summed E-state index contributed by atoms with van der Waals surface area (Å²) in [5.41, 5.74) is 2.02. The largest absolute Gasteiger partial charge is 0.195 e. The Morgan fingerprint density at radius 2 is 1.29 bits per heavy atom. The van der Waals surface area contributed by atoms with Crippen LogP contribution in [0.4, 0.5) is 0 Å². The maximum Gasteiger partial charge on any atom is 0.128 e. The zero-order chi connectivity index (χ0) is 12.1. The first kappa shape index (κ1) is 11.8. The molecule has 0 saturated carbocycles. The van der Waals surface area contributed by atoms with Crippen molar-refractivity contribution in [1.29, 1.82) is 0 Å². The van der Waals surface area contributed by atoms with E-state index in [1.54, 1.807) is 0 Å². The molecule has 0 aromatic heterocycles. The van der Waals surface area contributed by atoms with Gasteiger partial charge in [-0.3, -0.25) is 0 Å². The van der Waals surface area contributed by atoms with Gasteiger partial charge in [-0.15, -0.1) is 0 Å². The van der Waals surface area contributed by atoms with E-state index in [0.717, 1.165) is 11.1 Å². The lowest BCUT2D eigenvalue weighted by Crippen LogP contribution is -2.10. The van der Waals surface area contributed by atoms with E-state index >= 15 is 0 Å². The van der Waals surface area contributed by atoms with Crippen LogP contribution in [0.1, 0.15) is 30.1 Å². The molecule has 0 N–H and O–H groups in total. The Balaban J connectivity index is 2.25. The van der Waals surface area contributed by atoms with Crippen molar-refractivity contribution >= 4 is 0 Å². The molecular formula is C15H15O2. The van der Waals surface area contributed by atoms with Gasteiger partial charge in [-0.2, -0.15) is 4.89 Å². The minimum atomic E-state index is -0.446. The summed E-state index contributed by atoms with van der Waals surface area (Å²) in [6, 6.07) is 19.5. The van der Waals surface area contributed by atoms with Gasteiger partial charge in [0.25, 0.3) is 0 Å². The average Bonchev–Trinajstić information content (AvgIpc) is 2.42. The molecule has 87 valence electrons. The summed E-state index contributed by atoms with van der Waals surface area (Å²) in [6.45, 7) is 2.00. The monoisotopic (exact) mass is 227 g/mol. The molecule has 0 aliphatic heterocycles. The van der Waals surface area contributed by atoms with Crippen LogP contribution in [0.5, 0.6) is 0 Å². The Kier molecular flexibility index (Phi) is 3.91. The fourth-order valence-corrected chi connectivity index (χ4v) is 2.00. The van der Waals surface area contributed by atoms with Crippen molar-refractivity contribution in [3.63, 3.8) is 0 Å². The lowest BCUT2D eigenvalue weighted by atomic mass is 9.91. The first-order valence-electron chi connectivity index (χ1n) is 5.71. The topological polar surface area (TPSA) is 29.1 Å². The Morgan fingerprint density at radius 3 is 1.76 bits per heavy atom. The summed E-state index contributed by atoms with van der Waals surface area (Å²) in [6.07, 6.45) is -0.446. The van der Waals surface area contributed by atoms with E-state index in [1.165, 1.54) is 0 Å². The third kappa shape index (κ3) is 2.73. The van der Waals surface area contributed by atoms with Crippen LogP contribution in [0.2, 0.25) is 0 Å². The number of hydrogen-bond acceptors (Lipinski definition) is 1. The van der Waals surface area contributed by atoms with Crippen LogP contribution in [0.3, 0.4) is 0 Å². The summed E-state index contributed by atoms with van der Waals surface area (Å²) in [5, 5.41) is 10.9. The van der Waals surface area contributed by atoms with Crippen molar-refractivity contribution in [1.82, 2.24) is 0 Å². The van der Waals surface area contributed by atoms with Crippen LogP contribution >= 0.6 is 0 Å². The van der Waals surface area contributed by atoms with Crippen molar-refractivity contribution in [2.45, 2.75) is 18.9 Å². The molecule has 0 aliphatic rings. The van der Waals surface area contributed by atoms with Gasteiger partial charge < -0.3 is 0 Å². The van der Waals surface area contributed by atoms with Crippen molar-refractivity contribution in [3.8, 4) is 0 Å². The highest BCUT2D eigenvalue weighted by Crippen LogP contribution is 2.32. The first-order chi connectivity index (χ1) is 8.33. The predicted molar refractivity (Wildman–Crippen MR) is 65.8 cm³/mol. The van der Waals surface area contributed by atoms with Crippen LogP contribution in [0.15, 0.2) is 60.7 Å². The molecular weight excluding hydrogens is 212 g/mol. The second-order valence-corrected chi connectivity index (χ2v) is 4.13. The van der Waals surface area contributed by atoms with E-state index in [4.69, 9.17) is 0 Å². The van der Waals surface area contributed by atoms with Gasteiger partial charge in [0.05, 0.1) is 0 Å². The van der Waals surface area contributed by atoms with Crippen molar-refractivity contribution in [3.05, 3.63) is 71.8 Å². The van der Waals surface area contributed by atoms with Gasteiger partial charge in [-0.1, -0.05) is 67.6 Å². The third-order valence-corrected chi connectivity index (χ3v) is 3.01. The molecule has 0 saturated heterocycles. The van der Waals surface area contributed by atoms with Gasteiger partial charge in [-0.25, -0.2) is 0 Å². The van der Waals surface area contributed by atoms with Gasteiger partial charge in [0.15, 0.2) is 0 Å². The van der Waals surface area contributed by atoms with Gasteiger partial charge in [0.2, 0.25) is 0 Å². The summed E-state index contributed by atoms with van der Waals surface area (Å²) in [5.74, 6) is 0.0381. The van der Waals surface area contributed by atoms with E-state index in [0.29, 0.717) is 0 Å². The summed E-state index contributed by atoms with van der Waals surface area (Å²) >= 11 is 0. The Morgan fingerprint density at radius 1 is 0.824 bits per heavy atom. The molecule has 2 rings (SSSR count). The lowest BCUT2D eigenvalue weighted by molar-refractivity contribution is -0.342. The Labute approximate surface area is 101 Å². The fraction of sp³-hybridized carbons (Fsp3) is 0.200. The first-order valence-corrected chi connectivity index (χ1v) is 5.71. The molecule has 0 heterocycles. The van der Waals surface area contributed by atoms with Crippen molar-refractivity contribution < 1.29 is 10.1 Å². The molecule has 0 fully saturated rings. The molecule has 2 aromatic rings. The van der Waals surface area contributed by atoms with Crippen LogP contribution in [-0.4, -0.2) is 0 Å². The van der Waals surface area contributed by atoms with Gasteiger partial charge in [0, 0.05) is 5.92 Å². The molecule has 17 heavy (non-hydrogen) atoms. The number of benzene rings is 2. The maximum atomic E-state index is 10.9. The fourth-order valence-electron chi connectivity index (χ4n) is 2.00. The quantitative estimate of drug-likeness (QED) is 0.575. The molecule has 0 amide bonds. The SMILES string of the molecule is CC(c1ccccc1)C(O[O])c1ccccc1. The normalized spacial score (nSPS) is 14.2. The minimum absolute atomic E-state index is 0.0381. The van der Waals surface area contributed by atoms with Crippen molar-refractivity contribution in [2.24, 2.45) is 0 Å². The molecule has 2 unspecified atom stereocenters. The van der Waals surface area contributed by atoms with E-state index in [9.17, 15) is 5.26 Å². The molecule has 2 atom stereocenters. The minimum Gasteiger partial charge on any atom is -0.195 e. The van der Waals surface area contributed by atoms with Crippen LogP contribution in [0.25, 0.3) is 0 Å². The smallest absolute Gasteiger partial charge is 0.128 e. The summed E-state index contributed by atoms with van der Waals surface area (Å²) < 4.78 is 0. The molecule has 2 heteroatoms. The van der Waals surface area contributed by atoms with Crippen molar-refractivity contribution in [2.75, 3.05) is 0 Å². The maximum absolute atomic E-state index is 10.9. The van der Waals surface area contributed by atoms with Crippen LogP contribution < -0.4 is 0 Å². The Hall–Kier alpha value is -1.64. The zero-order valence-electron chi connectivity index (χ0n) is 9.74. The van der Waals surface area contributed by atoms with Gasteiger partial charge in [-0.05, 0) is 16.4 Å². The van der Waals surface area contributed by atoms with E-state index in [-0.39, 0.29) is 5.92 Å². The summed E-state index contributed by atoms with van der Waals surface area (Å²) in [7, 11) is 0. The second kappa shape index (κ2) is 5.62. The van der Waals surface area contributed by atoms with Gasteiger partial charge >= 0.3 is 0 Å². The van der Waals surface area contributed by atoms with Crippen LogP contribution in [0, 0.1) is 0 Å². The van der Waals surface area contributed by atoms with Crippen LogP contribution in [-0.2, 0) is 10.1 Å². The standard InChI is InChI=1S/C15H15O2/c1-12(13-8-4-2-5-9-13)15(17-16)14-10-6-3-7-11-14/h2-12,15H,1H3. The van der Waals surface area contributed by atoms with E-state index in [1.807, 2.05) is 67.6 Å². The average molecular weight is 227 g/mol. The molecule has 0 spiro atoms. The molecule has 0 bridgehead atoms. The lowest BCUT2D eigenvalue weighted by Gasteiger charge is -2.20. The summed E-state index contributed by atoms with van der Waals surface area (Å²) in [4.78, 5) is 4.40. The molecule has 0 aliphatic carbocycles. The zero-order valence-corrected chi connectivity index (χ0v) is 9.74. The molecule has 2 nitrogen and oxygen atoms in total. The van der Waals surface area contributed by atoms with Gasteiger partial charge in [0.1, 0.15) is 6.10 Å². The third-order valence-electron chi connectivity index (χ3n) is 3.01.